The first-order valence-corrected chi connectivity index (χ1v) is 9.03. The second kappa shape index (κ2) is 5.66. The van der Waals surface area contributed by atoms with Gasteiger partial charge >= 0.3 is 0 Å². The monoisotopic (exact) mass is 402 g/mol. The van der Waals surface area contributed by atoms with Gasteiger partial charge < -0.3 is 5.32 Å². The van der Waals surface area contributed by atoms with Gasteiger partial charge in [-0.25, -0.2) is 13.1 Å². The van der Waals surface area contributed by atoms with Gasteiger partial charge in [-0.05, 0) is 63.4 Å². The van der Waals surface area contributed by atoms with Crippen LogP contribution in [-0.2, 0) is 10.0 Å². The first kappa shape index (κ1) is 14.0. The van der Waals surface area contributed by atoms with E-state index < -0.39 is 10.0 Å². The quantitative estimate of drug-likeness (QED) is 0.809. The Morgan fingerprint density at radius 1 is 1.53 bits per heavy atom. The summed E-state index contributed by atoms with van der Waals surface area (Å²) < 4.78 is 28.2. The summed E-state index contributed by atoms with van der Waals surface area (Å²) in [4.78, 5) is 0.306. The summed E-state index contributed by atoms with van der Waals surface area (Å²) >= 11 is 7.90. The molecule has 1 unspecified atom stereocenters. The third-order valence-corrected chi connectivity index (χ3v) is 6.82. The highest BCUT2D eigenvalue weighted by Crippen LogP contribution is 2.34. The Hall–Kier alpha value is 0.530. The second-order valence-corrected chi connectivity index (χ2v) is 9.38. The predicted octanol–water partition coefficient (Wildman–Crippen LogP) is 2.16. The summed E-state index contributed by atoms with van der Waals surface area (Å²) in [5.74, 6) is 0.394. The molecule has 2 rings (SSSR count). The Kier molecular flexibility index (Phi) is 4.65. The van der Waals surface area contributed by atoms with Gasteiger partial charge in [-0.3, -0.25) is 0 Å². The molecule has 0 bridgehead atoms. The predicted molar refractivity (Wildman–Crippen MR) is 75.9 cm³/mol. The molecule has 1 atom stereocenters. The van der Waals surface area contributed by atoms with Gasteiger partial charge in [0.2, 0.25) is 10.0 Å². The van der Waals surface area contributed by atoms with Crippen molar-refractivity contribution in [2.24, 2.45) is 5.92 Å². The number of thiophene rings is 1. The second-order valence-electron chi connectivity index (χ2n) is 3.90. The van der Waals surface area contributed by atoms with Crippen LogP contribution in [0, 0.1) is 5.92 Å². The van der Waals surface area contributed by atoms with E-state index in [0.717, 1.165) is 23.3 Å². The highest BCUT2D eigenvalue weighted by molar-refractivity contribution is 9.12. The minimum atomic E-state index is -3.40. The summed E-state index contributed by atoms with van der Waals surface area (Å²) in [6, 6.07) is 1.62. The molecule has 0 aliphatic carbocycles. The van der Waals surface area contributed by atoms with Crippen LogP contribution in [0.2, 0.25) is 0 Å². The van der Waals surface area contributed by atoms with Gasteiger partial charge in [0.25, 0.3) is 0 Å². The maximum atomic E-state index is 12.0. The number of hydrogen-bond acceptors (Lipinski definition) is 4. The van der Waals surface area contributed by atoms with Crippen LogP contribution in [-0.4, -0.2) is 28.1 Å². The summed E-state index contributed by atoms with van der Waals surface area (Å²) in [5.41, 5.74) is 0. The number of hydrogen-bond donors (Lipinski definition) is 2. The van der Waals surface area contributed by atoms with Crippen LogP contribution < -0.4 is 10.0 Å². The number of halogens is 2. The lowest BCUT2D eigenvalue weighted by atomic mass is 10.1. The van der Waals surface area contributed by atoms with E-state index >= 15 is 0 Å². The van der Waals surface area contributed by atoms with Crippen molar-refractivity contribution in [3.63, 3.8) is 0 Å². The number of nitrogens with one attached hydrogen (secondary N) is 2. The van der Waals surface area contributed by atoms with Crippen molar-refractivity contribution in [1.82, 2.24) is 10.0 Å². The Bertz CT molecular complexity index is 495. The molecule has 0 aromatic carbocycles. The van der Waals surface area contributed by atoms with E-state index in [2.05, 4.69) is 41.9 Å². The average Bonchev–Trinajstić information content (AvgIpc) is 2.85. The molecule has 0 spiro atoms. The molecule has 17 heavy (non-hydrogen) atoms. The average molecular weight is 404 g/mol. The molecule has 1 aliphatic rings. The van der Waals surface area contributed by atoms with Crippen molar-refractivity contribution in [3.05, 3.63) is 13.6 Å². The molecule has 1 saturated heterocycles. The molecule has 96 valence electrons. The molecule has 8 heteroatoms. The smallest absolute Gasteiger partial charge is 0.242 e. The minimum Gasteiger partial charge on any atom is -0.316 e. The molecule has 4 nitrogen and oxygen atoms in total. The fourth-order valence-corrected chi connectivity index (χ4v) is 6.63. The normalized spacial score (nSPS) is 20.9. The van der Waals surface area contributed by atoms with Crippen LogP contribution in [0.3, 0.4) is 0 Å². The Morgan fingerprint density at radius 2 is 2.29 bits per heavy atom. The van der Waals surface area contributed by atoms with E-state index in [9.17, 15) is 8.42 Å². The topological polar surface area (TPSA) is 58.2 Å². The van der Waals surface area contributed by atoms with Crippen LogP contribution >= 0.6 is 43.2 Å². The number of sulfonamides is 1. The van der Waals surface area contributed by atoms with E-state index in [1.807, 2.05) is 0 Å². The molecule has 0 radical (unpaired) electrons. The highest BCUT2D eigenvalue weighted by Gasteiger charge is 2.22. The van der Waals surface area contributed by atoms with E-state index in [0.29, 0.717) is 21.1 Å². The van der Waals surface area contributed by atoms with E-state index in [-0.39, 0.29) is 0 Å². The lowest BCUT2D eigenvalue weighted by Gasteiger charge is -2.10. The standard InChI is InChI=1S/C9H12Br2N2O2S2/c10-8-3-7(9(11)16-8)17(14,15)13-5-6-1-2-12-4-6/h3,6,12-13H,1-2,4-5H2. The van der Waals surface area contributed by atoms with E-state index in [1.165, 1.54) is 11.3 Å². The van der Waals surface area contributed by atoms with Crippen LogP contribution in [0.15, 0.2) is 18.5 Å². The van der Waals surface area contributed by atoms with Gasteiger partial charge in [-0.1, -0.05) is 0 Å². The van der Waals surface area contributed by atoms with Crippen LogP contribution in [0.25, 0.3) is 0 Å². The SMILES string of the molecule is O=S(=O)(NCC1CCNC1)c1cc(Br)sc1Br. The first-order chi connectivity index (χ1) is 7.99. The van der Waals surface area contributed by atoms with Gasteiger partial charge in [0.1, 0.15) is 4.90 Å². The summed E-state index contributed by atoms with van der Waals surface area (Å²) in [7, 11) is -3.40. The van der Waals surface area contributed by atoms with Gasteiger partial charge in [0.15, 0.2) is 0 Å². The molecule has 1 fully saturated rings. The Labute approximate surface area is 121 Å². The molecular formula is C9H12Br2N2O2S2. The maximum absolute atomic E-state index is 12.0. The summed E-state index contributed by atoms with van der Waals surface area (Å²) in [6.07, 6.45) is 1.02. The lowest BCUT2D eigenvalue weighted by Crippen LogP contribution is -2.30. The molecular weight excluding hydrogens is 392 g/mol. The van der Waals surface area contributed by atoms with Crippen molar-refractivity contribution >= 4 is 53.2 Å². The van der Waals surface area contributed by atoms with Crippen molar-refractivity contribution < 1.29 is 8.42 Å². The molecule has 2 N–H and O–H groups in total. The molecule has 0 amide bonds. The highest BCUT2D eigenvalue weighted by atomic mass is 79.9. The van der Waals surface area contributed by atoms with Crippen molar-refractivity contribution in [2.75, 3.05) is 19.6 Å². The fourth-order valence-electron chi connectivity index (χ4n) is 1.70. The molecule has 1 aromatic heterocycles. The van der Waals surface area contributed by atoms with Gasteiger partial charge in [-0.2, -0.15) is 0 Å². The molecule has 0 saturated carbocycles. The maximum Gasteiger partial charge on any atom is 0.242 e. The fraction of sp³-hybridized carbons (Fsp3) is 0.556. The van der Waals surface area contributed by atoms with Crippen LogP contribution in [0.4, 0.5) is 0 Å². The van der Waals surface area contributed by atoms with E-state index in [1.54, 1.807) is 6.07 Å². The van der Waals surface area contributed by atoms with Gasteiger partial charge in [0.05, 0.1) is 7.57 Å². The van der Waals surface area contributed by atoms with Gasteiger partial charge in [0, 0.05) is 6.54 Å². The van der Waals surface area contributed by atoms with Gasteiger partial charge in [-0.15, -0.1) is 11.3 Å². The zero-order valence-corrected chi connectivity index (χ0v) is 13.7. The summed E-state index contributed by atoms with van der Waals surface area (Å²) in [5, 5.41) is 3.21. The third-order valence-electron chi connectivity index (χ3n) is 2.64. The van der Waals surface area contributed by atoms with Crippen molar-refractivity contribution in [3.8, 4) is 0 Å². The van der Waals surface area contributed by atoms with E-state index in [4.69, 9.17) is 0 Å². The minimum absolute atomic E-state index is 0.306. The number of rotatable bonds is 4. The molecule has 2 heterocycles. The Morgan fingerprint density at radius 3 is 2.82 bits per heavy atom. The van der Waals surface area contributed by atoms with Crippen molar-refractivity contribution in [1.29, 1.82) is 0 Å². The third kappa shape index (κ3) is 3.51. The largest absolute Gasteiger partial charge is 0.316 e. The molecule has 1 aromatic rings. The zero-order valence-electron chi connectivity index (χ0n) is 8.87. The van der Waals surface area contributed by atoms with Crippen LogP contribution in [0.5, 0.6) is 0 Å². The van der Waals surface area contributed by atoms with Crippen molar-refractivity contribution in [2.45, 2.75) is 11.3 Å². The molecule has 1 aliphatic heterocycles. The lowest BCUT2D eigenvalue weighted by molar-refractivity contribution is 0.538. The summed E-state index contributed by atoms with van der Waals surface area (Å²) in [6.45, 7) is 2.35. The van der Waals surface area contributed by atoms with Crippen LogP contribution in [0.1, 0.15) is 6.42 Å². The first-order valence-electron chi connectivity index (χ1n) is 5.14. The zero-order chi connectivity index (χ0) is 12.5. The Balaban J connectivity index is 2.05.